The van der Waals surface area contributed by atoms with Gasteiger partial charge < -0.3 is 9.16 Å². The number of carbonyl (C=O) groups is 2. The summed E-state index contributed by atoms with van der Waals surface area (Å²) in [6, 6.07) is 7.44. The van der Waals surface area contributed by atoms with E-state index in [4.69, 9.17) is 9.16 Å². The standard InChI is InChI=1S/C27H46N2O4Si/c1-8-9-11-24(33-34(6,7)27(2,3)4)12-10-19-28-20-18-25(30)29(28)21-17-22-13-15-23(16-14-22)26(31)32-5/h13-16,24H,8-12,17-21H2,1-7H3. The molecule has 1 amide bonds. The molecule has 1 aliphatic rings. The number of methoxy groups -OCH3 is 1. The molecule has 1 heterocycles. The molecule has 1 saturated heterocycles. The summed E-state index contributed by atoms with van der Waals surface area (Å²) in [5.41, 5.74) is 1.65. The largest absolute Gasteiger partial charge is 0.465 e. The minimum Gasteiger partial charge on any atom is -0.465 e. The van der Waals surface area contributed by atoms with Crippen molar-refractivity contribution >= 4 is 20.2 Å². The van der Waals surface area contributed by atoms with Crippen molar-refractivity contribution in [3.63, 3.8) is 0 Å². The highest BCUT2D eigenvalue weighted by molar-refractivity contribution is 6.74. The van der Waals surface area contributed by atoms with E-state index in [2.05, 4.69) is 45.8 Å². The number of esters is 1. The fourth-order valence-electron chi connectivity index (χ4n) is 4.08. The number of hydrazine groups is 1. The second-order valence-corrected chi connectivity index (χ2v) is 15.7. The van der Waals surface area contributed by atoms with Crippen molar-refractivity contribution in [1.29, 1.82) is 0 Å². The molecule has 1 aliphatic heterocycles. The van der Waals surface area contributed by atoms with Crippen LogP contribution in [0.25, 0.3) is 0 Å². The highest BCUT2D eigenvalue weighted by Crippen LogP contribution is 2.38. The fraction of sp³-hybridized carbons (Fsp3) is 0.704. The van der Waals surface area contributed by atoms with E-state index < -0.39 is 8.32 Å². The summed E-state index contributed by atoms with van der Waals surface area (Å²) in [4.78, 5) is 24.1. The normalized spacial score (nSPS) is 16.2. The molecular weight excluding hydrogens is 444 g/mol. The van der Waals surface area contributed by atoms with Crippen LogP contribution in [0.4, 0.5) is 0 Å². The van der Waals surface area contributed by atoms with Crippen LogP contribution < -0.4 is 0 Å². The van der Waals surface area contributed by atoms with Crippen LogP contribution in [-0.4, -0.2) is 63.1 Å². The number of ether oxygens (including phenoxy) is 1. The van der Waals surface area contributed by atoms with Crippen LogP contribution in [0.15, 0.2) is 24.3 Å². The maximum Gasteiger partial charge on any atom is 0.337 e. The van der Waals surface area contributed by atoms with Crippen LogP contribution in [0, 0.1) is 0 Å². The third kappa shape index (κ3) is 8.20. The van der Waals surface area contributed by atoms with E-state index in [1.165, 1.54) is 20.0 Å². The van der Waals surface area contributed by atoms with Gasteiger partial charge in [-0.05, 0) is 61.5 Å². The van der Waals surface area contributed by atoms with Crippen molar-refractivity contribution in [1.82, 2.24) is 10.0 Å². The molecule has 192 valence electrons. The average molecular weight is 491 g/mol. The van der Waals surface area contributed by atoms with Crippen LogP contribution in [0.1, 0.15) is 82.1 Å². The Morgan fingerprint density at radius 1 is 1.09 bits per heavy atom. The molecule has 0 N–H and O–H groups in total. The first kappa shape index (κ1) is 28.5. The van der Waals surface area contributed by atoms with Crippen LogP contribution >= 0.6 is 0 Å². The van der Waals surface area contributed by atoms with Crippen molar-refractivity contribution in [2.24, 2.45) is 0 Å². The van der Waals surface area contributed by atoms with E-state index in [-0.39, 0.29) is 16.9 Å². The van der Waals surface area contributed by atoms with E-state index in [0.29, 0.717) is 24.6 Å². The molecule has 0 saturated carbocycles. The monoisotopic (exact) mass is 490 g/mol. The molecule has 6 nitrogen and oxygen atoms in total. The zero-order chi connectivity index (χ0) is 25.4. The lowest BCUT2D eigenvalue weighted by Crippen LogP contribution is -2.44. The van der Waals surface area contributed by atoms with Crippen molar-refractivity contribution in [3.8, 4) is 0 Å². The van der Waals surface area contributed by atoms with Gasteiger partial charge >= 0.3 is 5.97 Å². The lowest BCUT2D eigenvalue weighted by molar-refractivity contribution is -0.138. The van der Waals surface area contributed by atoms with Gasteiger partial charge in [0.2, 0.25) is 5.91 Å². The highest BCUT2D eigenvalue weighted by atomic mass is 28.4. The average Bonchev–Trinajstić information content (AvgIpc) is 3.14. The van der Waals surface area contributed by atoms with Crippen LogP contribution in [0.3, 0.4) is 0 Å². The molecule has 7 heteroatoms. The Labute approximate surface area is 208 Å². The van der Waals surface area contributed by atoms with E-state index >= 15 is 0 Å². The summed E-state index contributed by atoms with van der Waals surface area (Å²) < 4.78 is 11.5. The van der Waals surface area contributed by atoms with E-state index in [1.54, 1.807) is 12.1 Å². The molecule has 1 aromatic carbocycles. The van der Waals surface area contributed by atoms with Gasteiger partial charge in [0, 0.05) is 32.2 Å². The van der Waals surface area contributed by atoms with Gasteiger partial charge in [-0.2, -0.15) is 0 Å². The minimum atomic E-state index is -1.79. The number of hydrogen-bond acceptors (Lipinski definition) is 5. The van der Waals surface area contributed by atoms with Gasteiger partial charge in [-0.3, -0.25) is 9.80 Å². The van der Waals surface area contributed by atoms with Gasteiger partial charge in [0.15, 0.2) is 8.32 Å². The predicted octanol–water partition coefficient (Wildman–Crippen LogP) is 5.83. The predicted molar refractivity (Wildman–Crippen MR) is 140 cm³/mol. The van der Waals surface area contributed by atoms with Gasteiger partial charge in [-0.1, -0.05) is 52.7 Å². The molecule has 1 fully saturated rings. The highest BCUT2D eigenvalue weighted by Gasteiger charge is 2.39. The number of amides is 1. The van der Waals surface area contributed by atoms with Crippen LogP contribution in [0.5, 0.6) is 0 Å². The number of carbonyl (C=O) groups excluding carboxylic acids is 2. The zero-order valence-corrected chi connectivity index (χ0v) is 23.5. The summed E-state index contributed by atoms with van der Waals surface area (Å²) in [6.45, 7) is 16.1. The van der Waals surface area contributed by atoms with Crippen molar-refractivity contribution in [3.05, 3.63) is 35.4 Å². The van der Waals surface area contributed by atoms with E-state index in [0.717, 1.165) is 44.3 Å². The molecule has 0 aliphatic carbocycles. The van der Waals surface area contributed by atoms with Crippen molar-refractivity contribution < 1.29 is 18.8 Å². The quantitative estimate of drug-likeness (QED) is 0.257. The Kier molecular flexibility index (Phi) is 10.8. The van der Waals surface area contributed by atoms with Gasteiger partial charge in [0.1, 0.15) is 0 Å². The summed E-state index contributed by atoms with van der Waals surface area (Å²) in [5.74, 6) is -0.131. The molecule has 2 rings (SSSR count). The summed E-state index contributed by atoms with van der Waals surface area (Å²) in [7, 11) is -0.411. The first-order valence-electron chi connectivity index (χ1n) is 12.9. The second kappa shape index (κ2) is 12.8. The van der Waals surface area contributed by atoms with Gasteiger partial charge in [-0.25, -0.2) is 9.80 Å². The smallest absolute Gasteiger partial charge is 0.337 e. The second-order valence-electron chi connectivity index (χ2n) is 10.9. The van der Waals surface area contributed by atoms with E-state index in [1.807, 2.05) is 17.1 Å². The molecule has 0 spiro atoms. The molecule has 0 radical (unpaired) electrons. The number of hydrogen-bond donors (Lipinski definition) is 0. The third-order valence-corrected chi connectivity index (χ3v) is 11.8. The maximum absolute atomic E-state index is 12.5. The fourth-order valence-corrected chi connectivity index (χ4v) is 5.50. The molecule has 1 unspecified atom stereocenters. The number of nitrogens with zero attached hydrogens (tertiary/aromatic N) is 2. The van der Waals surface area contributed by atoms with Gasteiger partial charge in [0.25, 0.3) is 0 Å². The first-order valence-corrected chi connectivity index (χ1v) is 15.8. The molecule has 1 atom stereocenters. The Morgan fingerprint density at radius 2 is 1.74 bits per heavy atom. The number of unbranched alkanes of at least 4 members (excludes halogenated alkanes) is 1. The topological polar surface area (TPSA) is 59.1 Å². The molecule has 0 bridgehead atoms. The van der Waals surface area contributed by atoms with Crippen LogP contribution in [-0.2, 0) is 20.4 Å². The molecular formula is C27H46N2O4Si. The lowest BCUT2D eigenvalue weighted by atomic mass is 10.1. The lowest BCUT2D eigenvalue weighted by Gasteiger charge is -2.39. The third-order valence-electron chi connectivity index (χ3n) is 7.29. The number of rotatable bonds is 13. The maximum atomic E-state index is 12.5. The Bertz CT molecular complexity index is 789. The van der Waals surface area contributed by atoms with E-state index in [9.17, 15) is 9.59 Å². The number of benzene rings is 1. The summed E-state index contributed by atoms with van der Waals surface area (Å²) in [5, 5.41) is 4.35. The Morgan fingerprint density at radius 3 is 2.32 bits per heavy atom. The Balaban J connectivity index is 1.89. The summed E-state index contributed by atoms with van der Waals surface area (Å²) in [6.07, 6.45) is 7.22. The van der Waals surface area contributed by atoms with Crippen LogP contribution in [0.2, 0.25) is 18.1 Å². The molecule has 0 aromatic heterocycles. The van der Waals surface area contributed by atoms with Crippen molar-refractivity contribution in [2.75, 3.05) is 26.7 Å². The molecule has 34 heavy (non-hydrogen) atoms. The minimum absolute atomic E-state index is 0.200. The van der Waals surface area contributed by atoms with Gasteiger partial charge in [0.05, 0.1) is 12.7 Å². The summed E-state index contributed by atoms with van der Waals surface area (Å²) >= 11 is 0. The van der Waals surface area contributed by atoms with Gasteiger partial charge in [-0.15, -0.1) is 0 Å². The zero-order valence-electron chi connectivity index (χ0n) is 22.5. The Hall–Kier alpha value is -1.70. The first-order chi connectivity index (χ1) is 16.0. The molecule has 1 aromatic rings. The van der Waals surface area contributed by atoms with Crippen molar-refractivity contribution in [2.45, 2.75) is 96.9 Å². The SMILES string of the molecule is CCCCC(CCCN1CCC(=O)N1CCc1ccc(C(=O)OC)cc1)O[Si](C)(C)C(C)(C)C.